The highest BCUT2D eigenvalue weighted by Gasteiger charge is 2.20. The first-order valence-corrected chi connectivity index (χ1v) is 10.9. The average molecular weight is 439 g/mol. The summed E-state index contributed by atoms with van der Waals surface area (Å²) in [4.78, 5) is 12.4. The van der Waals surface area contributed by atoms with E-state index in [4.69, 9.17) is 0 Å². The molecule has 2 aromatic rings. The van der Waals surface area contributed by atoms with Crippen molar-refractivity contribution in [1.82, 2.24) is 4.31 Å². The van der Waals surface area contributed by atoms with E-state index in [2.05, 4.69) is 21.2 Å². The highest BCUT2D eigenvalue weighted by molar-refractivity contribution is 9.10. The number of hydrogen-bond acceptors (Lipinski definition) is 3. The normalized spacial score (nSPS) is 11.6. The second-order valence-corrected chi connectivity index (χ2v) is 9.19. The van der Waals surface area contributed by atoms with Crippen LogP contribution in [0.2, 0.25) is 0 Å². The molecule has 0 aromatic heterocycles. The lowest BCUT2D eigenvalue weighted by molar-refractivity contribution is -0.116. The molecule has 0 atom stereocenters. The number of hydrogen-bond donors (Lipinski definition) is 1. The second-order valence-electron chi connectivity index (χ2n) is 6.29. The molecule has 5 nitrogen and oxygen atoms in total. The number of amides is 1. The van der Waals surface area contributed by atoms with Gasteiger partial charge in [0.15, 0.2) is 0 Å². The van der Waals surface area contributed by atoms with Crippen LogP contribution in [0.25, 0.3) is 0 Å². The van der Waals surface area contributed by atoms with Crippen molar-refractivity contribution in [2.45, 2.75) is 20.3 Å². The number of anilines is 1. The van der Waals surface area contributed by atoms with Gasteiger partial charge in [0.2, 0.25) is 15.9 Å². The van der Waals surface area contributed by atoms with E-state index in [1.807, 2.05) is 56.3 Å². The van der Waals surface area contributed by atoms with Crippen LogP contribution in [0.4, 0.5) is 5.69 Å². The van der Waals surface area contributed by atoms with Crippen molar-refractivity contribution in [2.75, 3.05) is 24.7 Å². The second kappa shape index (κ2) is 8.79. The van der Waals surface area contributed by atoms with Crippen molar-refractivity contribution in [3.05, 3.63) is 63.6 Å². The van der Waals surface area contributed by atoms with Gasteiger partial charge in [-0.05, 0) is 49.1 Å². The molecule has 0 fully saturated rings. The molecule has 26 heavy (non-hydrogen) atoms. The maximum absolute atomic E-state index is 12.4. The molecular weight excluding hydrogens is 416 g/mol. The van der Waals surface area contributed by atoms with Gasteiger partial charge in [-0.3, -0.25) is 4.79 Å². The lowest BCUT2D eigenvalue weighted by Gasteiger charge is -2.20. The zero-order valence-corrected chi connectivity index (χ0v) is 17.5. The van der Waals surface area contributed by atoms with Gasteiger partial charge in [-0.2, -0.15) is 4.31 Å². The van der Waals surface area contributed by atoms with Gasteiger partial charge in [0.1, 0.15) is 0 Å². The molecule has 1 amide bonds. The molecule has 0 aliphatic rings. The maximum atomic E-state index is 12.4. The largest absolute Gasteiger partial charge is 0.324 e. The zero-order chi connectivity index (χ0) is 19.3. The molecule has 2 rings (SSSR count). The maximum Gasteiger partial charge on any atom is 0.239 e. The van der Waals surface area contributed by atoms with E-state index in [0.29, 0.717) is 6.42 Å². The fourth-order valence-corrected chi connectivity index (χ4v) is 4.17. The summed E-state index contributed by atoms with van der Waals surface area (Å²) < 4.78 is 26.3. The summed E-state index contributed by atoms with van der Waals surface area (Å²) in [5.41, 5.74) is 3.58. The third-order valence-electron chi connectivity index (χ3n) is 4.04. The lowest BCUT2D eigenvalue weighted by Crippen LogP contribution is -2.38. The minimum atomic E-state index is -3.48. The molecule has 1 N–H and O–H groups in total. The third-order valence-corrected chi connectivity index (χ3v) is 5.75. The SMILES string of the molecule is Cc1cc(Br)cc(C)c1NC(=O)CN(CCc1ccccc1)S(C)(=O)=O. The Balaban J connectivity index is 2.07. The molecule has 0 radical (unpaired) electrons. The number of halogens is 1. The summed E-state index contributed by atoms with van der Waals surface area (Å²) in [5.74, 6) is -0.350. The molecule has 2 aromatic carbocycles. The topological polar surface area (TPSA) is 66.5 Å². The predicted octanol–water partition coefficient (Wildman–Crippen LogP) is 3.51. The summed E-state index contributed by atoms with van der Waals surface area (Å²) >= 11 is 3.42. The zero-order valence-electron chi connectivity index (χ0n) is 15.1. The van der Waals surface area contributed by atoms with Crippen molar-refractivity contribution >= 4 is 37.5 Å². The van der Waals surface area contributed by atoms with Gasteiger partial charge < -0.3 is 5.32 Å². The van der Waals surface area contributed by atoms with Gasteiger partial charge in [0.05, 0.1) is 12.8 Å². The number of rotatable bonds is 7. The number of benzene rings is 2. The van der Waals surface area contributed by atoms with Crippen LogP contribution in [0, 0.1) is 13.8 Å². The first-order chi connectivity index (χ1) is 12.2. The number of aryl methyl sites for hydroxylation is 2. The minimum Gasteiger partial charge on any atom is -0.324 e. The van der Waals surface area contributed by atoms with Crippen molar-refractivity contribution in [3.8, 4) is 0 Å². The Kier molecular flexibility index (Phi) is 6.97. The molecule has 0 saturated carbocycles. The Hall–Kier alpha value is -1.70. The van der Waals surface area contributed by atoms with Crippen LogP contribution in [0.3, 0.4) is 0 Å². The van der Waals surface area contributed by atoms with E-state index in [0.717, 1.165) is 33.1 Å². The van der Waals surface area contributed by atoms with E-state index in [9.17, 15) is 13.2 Å². The molecule has 0 heterocycles. The fraction of sp³-hybridized carbons (Fsp3) is 0.316. The van der Waals surface area contributed by atoms with Crippen LogP contribution in [0.15, 0.2) is 46.9 Å². The number of carbonyl (C=O) groups is 1. The van der Waals surface area contributed by atoms with E-state index >= 15 is 0 Å². The summed E-state index contributed by atoms with van der Waals surface area (Å²) in [6, 6.07) is 13.4. The predicted molar refractivity (Wildman–Crippen MR) is 109 cm³/mol. The average Bonchev–Trinajstić information content (AvgIpc) is 2.54. The quantitative estimate of drug-likeness (QED) is 0.718. The number of nitrogens with zero attached hydrogens (tertiary/aromatic N) is 1. The Labute approximate surface area is 163 Å². The highest BCUT2D eigenvalue weighted by Crippen LogP contribution is 2.25. The standard InChI is InChI=1S/C19H23BrN2O3S/c1-14-11-17(20)12-15(2)19(14)21-18(23)13-22(26(3,24)25)10-9-16-7-5-4-6-8-16/h4-8,11-12H,9-10,13H2,1-3H3,(H,21,23). The van der Waals surface area contributed by atoms with Crippen molar-refractivity contribution in [3.63, 3.8) is 0 Å². The Morgan fingerprint density at radius 3 is 2.23 bits per heavy atom. The summed E-state index contributed by atoms with van der Waals surface area (Å²) in [6.07, 6.45) is 1.68. The Bertz CT molecular complexity index is 860. The van der Waals surface area contributed by atoms with Crippen molar-refractivity contribution in [2.24, 2.45) is 0 Å². The molecule has 0 aliphatic heterocycles. The highest BCUT2D eigenvalue weighted by atomic mass is 79.9. The molecule has 7 heteroatoms. The third kappa shape index (κ3) is 5.93. The van der Waals surface area contributed by atoms with Crippen LogP contribution < -0.4 is 5.32 Å². The summed E-state index contributed by atoms with van der Waals surface area (Å²) in [6.45, 7) is 3.85. The van der Waals surface area contributed by atoms with Crippen LogP contribution in [-0.4, -0.2) is 38.0 Å². The van der Waals surface area contributed by atoms with Crippen molar-refractivity contribution in [1.29, 1.82) is 0 Å². The number of sulfonamides is 1. The van der Waals surface area contributed by atoms with Crippen molar-refractivity contribution < 1.29 is 13.2 Å². The lowest BCUT2D eigenvalue weighted by atomic mass is 10.1. The molecule has 0 aliphatic carbocycles. The van der Waals surface area contributed by atoms with Gasteiger partial charge in [-0.1, -0.05) is 46.3 Å². The van der Waals surface area contributed by atoms with Gasteiger partial charge in [-0.25, -0.2) is 8.42 Å². The monoisotopic (exact) mass is 438 g/mol. The van der Waals surface area contributed by atoms with Gasteiger partial charge in [-0.15, -0.1) is 0 Å². The van der Waals surface area contributed by atoms with Crippen LogP contribution in [0.1, 0.15) is 16.7 Å². The molecule has 0 spiro atoms. The smallest absolute Gasteiger partial charge is 0.239 e. The van der Waals surface area contributed by atoms with E-state index in [-0.39, 0.29) is 19.0 Å². The Morgan fingerprint density at radius 1 is 1.12 bits per heavy atom. The van der Waals surface area contributed by atoms with Crippen LogP contribution >= 0.6 is 15.9 Å². The molecule has 0 bridgehead atoms. The van der Waals surface area contributed by atoms with Crippen LogP contribution in [-0.2, 0) is 21.2 Å². The van der Waals surface area contributed by atoms with Crippen LogP contribution in [0.5, 0.6) is 0 Å². The fourth-order valence-electron chi connectivity index (χ4n) is 2.71. The molecule has 140 valence electrons. The van der Waals surface area contributed by atoms with Gasteiger partial charge in [0.25, 0.3) is 0 Å². The minimum absolute atomic E-state index is 0.208. The number of nitrogens with one attached hydrogen (secondary N) is 1. The first-order valence-electron chi connectivity index (χ1n) is 8.22. The van der Waals surface area contributed by atoms with E-state index < -0.39 is 10.0 Å². The summed E-state index contributed by atoms with van der Waals surface area (Å²) in [5, 5.41) is 2.84. The van der Waals surface area contributed by atoms with E-state index in [1.54, 1.807) is 0 Å². The molecular formula is C19H23BrN2O3S. The number of carbonyl (C=O) groups excluding carboxylic acids is 1. The molecule has 0 saturated heterocycles. The van der Waals surface area contributed by atoms with Gasteiger partial charge >= 0.3 is 0 Å². The first kappa shape index (κ1) is 20.6. The van der Waals surface area contributed by atoms with Gasteiger partial charge in [0, 0.05) is 16.7 Å². The van der Waals surface area contributed by atoms with E-state index in [1.165, 1.54) is 4.31 Å². The summed E-state index contributed by atoms with van der Waals surface area (Å²) in [7, 11) is -3.48. The molecule has 0 unspecified atom stereocenters. The Morgan fingerprint density at radius 2 is 1.69 bits per heavy atom.